The maximum Gasteiger partial charge on any atom is 0.247 e. The van der Waals surface area contributed by atoms with Crippen molar-refractivity contribution in [1.82, 2.24) is 30.4 Å². The molecule has 0 aliphatic carbocycles. The number of hydrogen-bond donors (Lipinski definition) is 0. The number of nitrogens with zero attached hydrogens (tertiary/aromatic N) is 6. The average Bonchev–Trinajstić information content (AvgIpc) is 3.38. The van der Waals surface area contributed by atoms with Crippen LogP contribution in [0.25, 0.3) is 17.1 Å². The van der Waals surface area contributed by atoms with E-state index < -0.39 is 0 Å². The summed E-state index contributed by atoms with van der Waals surface area (Å²) in [5, 5.41) is 21.0. The van der Waals surface area contributed by atoms with E-state index in [1.807, 2.05) is 36.4 Å². The zero-order valence-corrected chi connectivity index (χ0v) is 16.5. The van der Waals surface area contributed by atoms with E-state index in [4.69, 9.17) is 9.15 Å². The van der Waals surface area contributed by atoms with Gasteiger partial charge in [-0.3, -0.25) is 0 Å². The molecular weight excluding hydrogens is 376 g/mol. The molecule has 0 atom stereocenters. The fourth-order valence-corrected chi connectivity index (χ4v) is 3.39. The van der Waals surface area contributed by atoms with Crippen LogP contribution in [0.15, 0.2) is 52.0 Å². The van der Waals surface area contributed by atoms with Crippen molar-refractivity contribution in [3.05, 3.63) is 59.5 Å². The first-order valence-corrected chi connectivity index (χ1v) is 9.59. The molecule has 0 radical (unpaired) electrons. The van der Waals surface area contributed by atoms with Gasteiger partial charge in [-0.05, 0) is 65.7 Å². The highest BCUT2D eigenvalue weighted by atomic mass is 32.2. The van der Waals surface area contributed by atoms with E-state index in [1.165, 1.54) is 17.3 Å². The molecule has 2 aromatic carbocycles. The average molecular weight is 394 g/mol. The van der Waals surface area contributed by atoms with Gasteiger partial charge in [-0.2, -0.15) is 4.68 Å². The predicted molar refractivity (Wildman–Crippen MR) is 104 cm³/mol. The molecule has 0 spiro atoms. The molecule has 0 amide bonds. The second kappa shape index (κ2) is 7.81. The highest BCUT2D eigenvalue weighted by molar-refractivity contribution is 7.98. The van der Waals surface area contributed by atoms with Gasteiger partial charge < -0.3 is 9.15 Å². The molecule has 9 heteroatoms. The van der Waals surface area contributed by atoms with Gasteiger partial charge >= 0.3 is 0 Å². The first kappa shape index (κ1) is 18.2. The van der Waals surface area contributed by atoms with Gasteiger partial charge in [0.25, 0.3) is 0 Å². The summed E-state index contributed by atoms with van der Waals surface area (Å²) in [4.78, 5) is 0. The van der Waals surface area contributed by atoms with Gasteiger partial charge in [-0.15, -0.1) is 15.3 Å². The molecular formula is C19H18N6O2S. The Labute approximate surface area is 165 Å². The maximum atomic E-state index is 5.77. The van der Waals surface area contributed by atoms with E-state index >= 15 is 0 Å². The molecule has 4 aromatic rings. The Morgan fingerprint density at radius 3 is 2.64 bits per heavy atom. The second-order valence-corrected chi connectivity index (χ2v) is 7.05. The van der Waals surface area contributed by atoms with Gasteiger partial charge in [0.15, 0.2) is 0 Å². The molecule has 0 saturated carbocycles. The quantitative estimate of drug-likeness (QED) is 0.458. The van der Waals surface area contributed by atoms with E-state index in [0.29, 0.717) is 22.7 Å². The molecule has 4 rings (SSSR count). The molecule has 2 aromatic heterocycles. The predicted octanol–water partition coefficient (Wildman–Crippen LogP) is 3.63. The van der Waals surface area contributed by atoms with Gasteiger partial charge in [0.1, 0.15) is 5.75 Å². The van der Waals surface area contributed by atoms with E-state index in [-0.39, 0.29) is 0 Å². The van der Waals surface area contributed by atoms with Crippen LogP contribution in [-0.2, 0) is 5.75 Å². The third-order valence-corrected chi connectivity index (χ3v) is 5.28. The van der Waals surface area contributed by atoms with Crippen LogP contribution >= 0.6 is 11.8 Å². The molecule has 8 nitrogen and oxygen atoms in total. The lowest BCUT2D eigenvalue weighted by atomic mass is 10.1. The standard InChI is InChI=1S/C19H18N6O2S/c1-12-5-4-6-16(13(12)2)25-19(22-23-24-25)28-11-17-20-21-18(27-17)14-7-9-15(26-3)10-8-14/h4-10H,11H2,1-3H3. The number of tetrazole rings is 1. The van der Waals surface area contributed by atoms with Crippen LogP contribution < -0.4 is 4.74 Å². The Balaban J connectivity index is 1.50. The summed E-state index contributed by atoms with van der Waals surface area (Å²) in [6.45, 7) is 4.12. The number of aryl methyl sites for hydroxylation is 1. The van der Waals surface area contributed by atoms with Crippen molar-refractivity contribution >= 4 is 11.8 Å². The van der Waals surface area contributed by atoms with Crippen molar-refractivity contribution in [3.8, 4) is 22.9 Å². The second-order valence-electron chi connectivity index (χ2n) is 6.11. The van der Waals surface area contributed by atoms with Crippen molar-refractivity contribution in [2.75, 3.05) is 7.11 Å². The van der Waals surface area contributed by atoms with Crippen LogP contribution in [-0.4, -0.2) is 37.5 Å². The van der Waals surface area contributed by atoms with Crippen molar-refractivity contribution in [2.45, 2.75) is 24.8 Å². The summed E-state index contributed by atoms with van der Waals surface area (Å²) in [6, 6.07) is 13.5. The van der Waals surface area contributed by atoms with Crippen LogP contribution in [0.1, 0.15) is 17.0 Å². The normalized spacial score (nSPS) is 11.0. The first-order chi connectivity index (χ1) is 13.7. The number of benzene rings is 2. The van der Waals surface area contributed by atoms with Crippen LogP contribution in [0, 0.1) is 13.8 Å². The molecule has 0 unspecified atom stereocenters. The van der Waals surface area contributed by atoms with E-state index in [2.05, 4.69) is 45.6 Å². The maximum absolute atomic E-state index is 5.77. The summed E-state index contributed by atoms with van der Waals surface area (Å²) in [6.07, 6.45) is 0. The minimum Gasteiger partial charge on any atom is -0.497 e. The Kier molecular flexibility index (Phi) is 5.07. The Hall–Kier alpha value is -3.20. The number of rotatable bonds is 6. The zero-order valence-electron chi connectivity index (χ0n) is 15.7. The van der Waals surface area contributed by atoms with Crippen molar-refractivity contribution in [2.24, 2.45) is 0 Å². The monoisotopic (exact) mass is 394 g/mol. The third-order valence-electron chi connectivity index (χ3n) is 4.37. The zero-order chi connectivity index (χ0) is 19.5. The first-order valence-electron chi connectivity index (χ1n) is 8.60. The number of methoxy groups -OCH3 is 1. The lowest BCUT2D eigenvalue weighted by molar-refractivity contribution is 0.415. The fourth-order valence-electron chi connectivity index (χ4n) is 2.67. The number of thioether (sulfide) groups is 1. The highest BCUT2D eigenvalue weighted by Crippen LogP contribution is 2.26. The topological polar surface area (TPSA) is 91.8 Å². The number of hydrogen-bond acceptors (Lipinski definition) is 8. The lowest BCUT2D eigenvalue weighted by Crippen LogP contribution is -2.02. The highest BCUT2D eigenvalue weighted by Gasteiger charge is 2.15. The van der Waals surface area contributed by atoms with E-state index in [0.717, 1.165) is 22.6 Å². The molecule has 0 fully saturated rings. The molecule has 0 bridgehead atoms. The van der Waals surface area contributed by atoms with Gasteiger partial charge in [-0.25, -0.2) is 0 Å². The Morgan fingerprint density at radius 1 is 1.04 bits per heavy atom. The third kappa shape index (κ3) is 3.61. The minimum atomic E-state index is 0.465. The van der Waals surface area contributed by atoms with Crippen LogP contribution in [0.5, 0.6) is 5.75 Å². The SMILES string of the molecule is COc1ccc(-c2nnc(CSc3nnnn3-c3cccc(C)c3C)o2)cc1. The van der Waals surface area contributed by atoms with E-state index in [9.17, 15) is 0 Å². The molecule has 28 heavy (non-hydrogen) atoms. The molecule has 0 aliphatic rings. The molecule has 0 N–H and O–H groups in total. The summed E-state index contributed by atoms with van der Waals surface area (Å²) >= 11 is 1.44. The van der Waals surface area contributed by atoms with Crippen LogP contribution in [0.3, 0.4) is 0 Å². The van der Waals surface area contributed by atoms with Crippen molar-refractivity contribution in [1.29, 1.82) is 0 Å². The molecule has 2 heterocycles. The van der Waals surface area contributed by atoms with Gasteiger partial charge in [-0.1, -0.05) is 23.9 Å². The molecule has 0 saturated heterocycles. The van der Waals surface area contributed by atoms with Crippen LogP contribution in [0.4, 0.5) is 0 Å². The smallest absolute Gasteiger partial charge is 0.247 e. The van der Waals surface area contributed by atoms with Crippen molar-refractivity contribution < 1.29 is 9.15 Å². The van der Waals surface area contributed by atoms with E-state index in [1.54, 1.807) is 11.8 Å². The van der Waals surface area contributed by atoms with Crippen LogP contribution in [0.2, 0.25) is 0 Å². The number of aromatic nitrogens is 6. The van der Waals surface area contributed by atoms with Gasteiger partial charge in [0.2, 0.25) is 16.9 Å². The summed E-state index contributed by atoms with van der Waals surface area (Å²) in [7, 11) is 1.63. The lowest BCUT2D eigenvalue weighted by Gasteiger charge is -2.08. The summed E-state index contributed by atoms with van der Waals surface area (Å²) in [5.41, 5.74) is 4.11. The summed E-state index contributed by atoms with van der Waals surface area (Å²) in [5.74, 6) is 2.21. The number of ether oxygens (including phenoxy) is 1. The molecule has 142 valence electrons. The summed E-state index contributed by atoms with van der Waals surface area (Å²) < 4.78 is 12.7. The van der Waals surface area contributed by atoms with Crippen molar-refractivity contribution in [3.63, 3.8) is 0 Å². The molecule has 0 aliphatic heterocycles. The largest absolute Gasteiger partial charge is 0.497 e. The Morgan fingerprint density at radius 2 is 1.86 bits per heavy atom. The van der Waals surface area contributed by atoms with Gasteiger partial charge in [0, 0.05) is 5.56 Å². The fraction of sp³-hybridized carbons (Fsp3) is 0.211. The minimum absolute atomic E-state index is 0.465. The van der Waals surface area contributed by atoms with Gasteiger partial charge in [0.05, 0.1) is 18.6 Å². The Bertz CT molecular complexity index is 1090.